The number of methoxy groups -OCH3 is 1. The predicted octanol–water partition coefficient (Wildman–Crippen LogP) is 1.59. The van der Waals surface area contributed by atoms with Crippen LogP contribution in [-0.2, 0) is 9.53 Å². The zero-order valence-corrected chi connectivity index (χ0v) is 12.9. The fourth-order valence-corrected chi connectivity index (χ4v) is 1.86. The summed E-state index contributed by atoms with van der Waals surface area (Å²) >= 11 is 0. The molecule has 3 N–H and O–H groups in total. The normalized spacial score (nSPS) is 9.88. The fraction of sp³-hybridized carbons (Fsp3) is 0.118. The van der Waals surface area contributed by atoms with Crippen LogP contribution in [0, 0.1) is 0 Å². The third-order valence-electron chi connectivity index (χ3n) is 3.11. The Kier molecular flexibility index (Phi) is 5.51. The Morgan fingerprint density at radius 1 is 0.958 bits per heavy atom. The van der Waals surface area contributed by atoms with E-state index in [9.17, 15) is 14.4 Å². The molecule has 2 aromatic rings. The minimum absolute atomic E-state index is 0.314. The Bertz CT molecular complexity index is 739. The van der Waals surface area contributed by atoms with Gasteiger partial charge in [0.1, 0.15) is 5.75 Å². The van der Waals surface area contributed by atoms with Crippen molar-refractivity contribution in [3.63, 3.8) is 0 Å². The van der Waals surface area contributed by atoms with Gasteiger partial charge in [-0.05, 0) is 48.5 Å². The van der Waals surface area contributed by atoms with Gasteiger partial charge in [0.25, 0.3) is 5.91 Å². The van der Waals surface area contributed by atoms with Crippen LogP contribution in [0.5, 0.6) is 5.75 Å². The molecule has 0 saturated heterocycles. The van der Waals surface area contributed by atoms with E-state index in [2.05, 4.69) is 5.32 Å². The van der Waals surface area contributed by atoms with Gasteiger partial charge in [-0.15, -0.1) is 0 Å². The molecular weight excluding hydrogens is 312 g/mol. The third-order valence-corrected chi connectivity index (χ3v) is 3.11. The molecule has 0 bridgehead atoms. The Hall–Kier alpha value is -3.35. The average molecular weight is 328 g/mol. The molecule has 2 rings (SSSR count). The van der Waals surface area contributed by atoms with Crippen LogP contribution in [0.25, 0.3) is 0 Å². The smallest absolute Gasteiger partial charge is 0.338 e. The predicted molar refractivity (Wildman–Crippen MR) is 86.9 cm³/mol. The van der Waals surface area contributed by atoms with Crippen molar-refractivity contribution in [3.05, 3.63) is 59.7 Å². The maximum atomic E-state index is 11.8. The lowest BCUT2D eigenvalue weighted by Crippen LogP contribution is -2.21. The molecule has 124 valence electrons. The number of nitrogens with two attached hydrogens (primary N) is 1. The van der Waals surface area contributed by atoms with Crippen molar-refractivity contribution in [1.82, 2.24) is 0 Å². The van der Waals surface area contributed by atoms with Crippen LogP contribution in [0.15, 0.2) is 48.5 Å². The van der Waals surface area contributed by atoms with E-state index in [4.69, 9.17) is 15.2 Å². The molecule has 0 aliphatic heterocycles. The number of carbonyl (C=O) groups excluding carboxylic acids is 3. The molecule has 0 unspecified atom stereocenters. The molecule has 0 heterocycles. The van der Waals surface area contributed by atoms with E-state index >= 15 is 0 Å². The Morgan fingerprint density at radius 3 is 2.08 bits per heavy atom. The molecular formula is C17H16N2O5. The van der Waals surface area contributed by atoms with Crippen LogP contribution < -0.4 is 15.8 Å². The first-order chi connectivity index (χ1) is 11.5. The van der Waals surface area contributed by atoms with Gasteiger partial charge in [0.15, 0.2) is 6.61 Å². The van der Waals surface area contributed by atoms with Crippen molar-refractivity contribution in [1.29, 1.82) is 0 Å². The summed E-state index contributed by atoms with van der Waals surface area (Å²) in [6.07, 6.45) is 0. The molecule has 2 aromatic carbocycles. The van der Waals surface area contributed by atoms with E-state index in [0.29, 0.717) is 22.6 Å². The number of ether oxygens (including phenoxy) is 2. The molecule has 0 radical (unpaired) electrons. The van der Waals surface area contributed by atoms with E-state index in [1.165, 1.54) is 31.4 Å². The molecule has 0 atom stereocenters. The van der Waals surface area contributed by atoms with E-state index in [1.807, 2.05) is 0 Å². The Balaban J connectivity index is 1.85. The summed E-state index contributed by atoms with van der Waals surface area (Å²) in [5.74, 6) is -1.05. The highest BCUT2D eigenvalue weighted by Gasteiger charge is 2.11. The van der Waals surface area contributed by atoms with Crippen LogP contribution in [0.2, 0.25) is 0 Å². The number of rotatable bonds is 6. The van der Waals surface area contributed by atoms with Gasteiger partial charge in [0.05, 0.1) is 12.7 Å². The second-order valence-electron chi connectivity index (χ2n) is 4.79. The standard InChI is InChI=1S/C17H16N2O5/c1-23-14-8-4-12(5-9-14)17(22)24-10-15(20)19-13-6-2-11(3-7-13)16(18)21/h2-9H,10H2,1H3,(H2,18,21)(H,19,20). The molecule has 7 heteroatoms. The van der Waals surface area contributed by atoms with Crippen LogP contribution in [0.1, 0.15) is 20.7 Å². The van der Waals surface area contributed by atoms with Crippen LogP contribution >= 0.6 is 0 Å². The van der Waals surface area contributed by atoms with Crippen molar-refractivity contribution in [2.45, 2.75) is 0 Å². The topological polar surface area (TPSA) is 108 Å². The second kappa shape index (κ2) is 7.77. The lowest BCUT2D eigenvalue weighted by atomic mass is 10.2. The van der Waals surface area contributed by atoms with Crippen LogP contribution in [-0.4, -0.2) is 31.5 Å². The summed E-state index contributed by atoms with van der Waals surface area (Å²) < 4.78 is 9.92. The lowest BCUT2D eigenvalue weighted by molar-refractivity contribution is -0.119. The summed E-state index contributed by atoms with van der Waals surface area (Å²) in [5.41, 5.74) is 6.24. The van der Waals surface area contributed by atoms with Gasteiger partial charge in [0, 0.05) is 11.3 Å². The number of benzene rings is 2. The fourth-order valence-electron chi connectivity index (χ4n) is 1.86. The number of nitrogens with one attached hydrogen (secondary N) is 1. The number of hydrogen-bond donors (Lipinski definition) is 2. The number of amides is 2. The van der Waals surface area contributed by atoms with E-state index in [0.717, 1.165) is 0 Å². The SMILES string of the molecule is COc1ccc(C(=O)OCC(=O)Nc2ccc(C(N)=O)cc2)cc1. The molecule has 0 fully saturated rings. The zero-order chi connectivity index (χ0) is 17.5. The first kappa shape index (κ1) is 17.0. The number of primary amides is 1. The summed E-state index contributed by atoms with van der Waals surface area (Å²) in [6.45, 7) is -0.428. The van der Waals surface area contributed by atoms with E-state index in [1.54, 1.807) is 24.3 Å². The largest absolute Gasteiger partial charge is 0.497 e. The molecule has 0 aliphatic rings. The van der Waals surface area contributed by atoms with Gasteiger partial charge in [-0.3, -0.25) is 9.59 Å². The molecule has 2 amide bonds. The summed E-state index contributed by atoms with van der Waals surface area (Å²) in [4.78, 5) is 34.6. The average Bonchev–Trinajstić information content (AvgIpc) is 2.60. The maximum absolute atomic E-state index is 11.8. The molecule has 0 aliphatic carbocycles. The van der Waals surface area contributed by atoms with E-state index < -0.39 is 24.4 Å². The van der Waals surface area contributed by atoms with Crippen molar-refractivity contribution in [2.24, 2.45) is 5.73 Å². The van der Waals surface area contributed by atoms with Crippen LogP contribution in [0.3, 0.4) is 0 Å². The van der Waals surface area contributed by atoms with Crippen molar-refractivity contribution in [3.8, 4) is 5.75 Å². The molecule has 24 heavy (non-hydrogen) atoms. The number of anilines is 1. The molecule has 0 aromatic heterocycles. The quantitative estimate of drug-likeness (QED) is 0.783. The van der Waals surface area contributed by atoms with Crippen LogP contribution in [0.4, 0.5) is 5.69 Å². The van der Waals surface area contributed by atoms with Crippen molar-refractivity contribution >= 4 is 23.5 Å². The Labute approximate surface area is 138 Å². The number of esters is 1. The Morgan fingerprint density at radius 2 is 1.54 bits per heavy atom. The molecule has 0 saturated carbocycles. The summed E-state index contributed by atoms with van der Waals surface area (Å²) in [5, 5.41) is 2.54. The number of hydrogen-bond acceptors (Lipinski definition) is 5. The van der Waals surface area contributed by atoms with Crippen molar-refractivity contribution in [2.75, 3.05) is 19.0 Å². The van der Waals surface area contributed by atoms with Crippen molar-refractivity contribution < 1.29 is 23.9 Å². The second-order valence-corrected chi connectivity index (χ2v) is 4.79. The van der Waals surface area contributed by atoms with Gasteiger partial charge in [-0.2, -0.15) is 0 Å². The maximum Gasteiger partial charge on any atom is 0.338 e. The first-order valence-corrected chi connectivity index (χ1v) is 7.00. The van der Waals surface area contributed by atoms with Gasteiger partial charge in [-0.25, -0.2) is 4.79 Å². The summed E-state index contributed by atoms with van der Waals surface area (Å²) in [7, 11) is 1.52. The van der Waals surface area contributed by atoms with Gasteiger partial charge in [-0.1, -0.05) is 0 Å². The van der Waals surface area contributed by atoms with Gasteiger partial charge < -0.3 is 20.5 Å². The third kappa shape index (κ3) is 4.57. The van der Waals surface area contributed by atoms with Gasteiger partial charge >= 0.3 is 5.97 Å². The monoisotopic (exact) mass is 328 g/mol. The van der Waals surface area contributed by atoms with Gasteiger partial charge in [0.2, 0.25) is 5.91 Å². The highest BCUT2D eigenvalue weighted by Crippen LogP contribution is 2.12. The minimum atomic E-state index is -0.614. The molecule has 0 spiro atoms. The zero-order valence-electron chi connectivity index (χ0n) is 12.9. The minimum Gasteiger partial charge on any atom is -0.497 e. The molecule has 7 nitrogen and oxygen atoms in total. The highest BCUT2D eigenvalue weighted by atomic mass is 16.5. The lowest BCUT2D eigenvalue weighted by Gasteiger charge is -2.07. The first-order valence-electron chi connectivity index (χ1n) is 7.00. The summed E-state index contributed by atoms with van der Waals surface area (Å²) in [6, 6.07) is 12.4. The number of carbonyl (C=O) groups is 3. The van der Waals surface area contributed by atoms with E-state index in [-0.39, 0.29) is 0 Å². The highest BCUT2D eigenvalue weighted by molar-refractivity contribution is 5.96.